The van der Waals surface area contributed by atoms with Gasteiger partial charge in [-0.25, -0.2) is 9.37 Å². The molecule has 0 atom stereocenters. The molecule has 1 heterocycles. The van der Waals surface area contributed by atoms with Gasteiger partial charge in [0.25, 0.3) is 0 Å². The third-order valence-corrected chi connectivity index (χ3v) is 2.53. The van der Waals surface area contributed by atoms with Crippen molar-refractivity contribution in [2.24, 2.45) is 0 Å². The molecule has 60 valence electrons. The third kappa shape index (κ3) is 1.06. The second-order valence-electron chi connectivity index (χ2n) is 2.62. The zero-order valence-corrected chi connectivity index (χ0v) is 7.28. The molecule has 0 bridgehead atoms. The maximum atomic E-state index is 13.0. The van der Waals surface area contributed by atoms with Crippen molar-refractivity contribution in [2.75, 3.05) is 5.73 Å². The summed E-state index contributed by atoms with van der Waals surface area (Å²) in [7, 11) is 1.71. The van der Waals surface area contributed by atoms with E-state index in [2.05, 4.69) is 4.98 Å². The van der Waals surface area contributed by atoms with Gasteiger partial charge in [-0.2, -0.15) is 0 Å². The lowest BCUT2D eigenvalue weighted by Crippen LogP contribution is -2.06. The number of anilines is 1. The number of fused-ring (bicyclic) bond motifs is 1. The molecule has 2 aromatic rings. The number of aromatic nitrogens is 1. The number of benzene rings is 1. The Morgan fingerprint density at radius 1 is 1.50 bits per heavy atom. The Bertz CT molecular complexity index is 401. The molecule has 12 heavy (non-hydrogen) atoms. The van der Waals surface area contributed by atoms with E-state index in [-0.39, 0.29) is 5.82 Å². The molecule has 2 rings (SSSR count). The molecule has 0 saturated carbocycles. The molecule has 1 aromatic heterocycles. The molecular weight excluding hydrogens is 174 g/mol. The molecule has 0 fully saturated rings. The normalized spacial score (nSPS) is 10.8. The Morgan fingerprint density at radius 3 is 3.00 bits per heavy atom. The van der Waals surface area contributed by atoms with Gasteiger partial charge in [0.1, 0.15) is 13.7 Å². The Morgan fingerprint density at radius 2 is 2.25 bits per heavy atom. The van der Waals surface area contributed by atoms with Crippen LogP contribution >= 0.6 is 11.3 Å². The van der Waals surface area contributed by atoms with Crippen molar-refractivity contribution in [3.05, 3.63) is 17.9 Å². The summed E-state index contributed by atoms with van der Waals surface area (Å²) in [4.78, 5) is 4.04. The van der Waals surface area contributed by atoms with Gasteiger partial charge in [0.15, 0.2) is 5.13 Å². The van der Waals surface area contributed by atoms with Crippen LogP contribution < -0.4 is 11.2 Å². The highest BCUT2D eigenvalue weighted by Gasteiger charge is 2.04. The van der Waals surface area contributed by atoms with Crippen molar-refractivity contribution in [1.29, 1.82) is 0 Å². The Balaban J connectivity index is 2.83. The number of hydrogen-bond acceptors (Lipinski definition) is 3. The molecule has 0 amide bonds. The summed E-state index contributed by atoms with van der Waals surface area (Å²) in [5.41, 5.74) is 6.85. The van der Waals surface area contributed by atoms with Crippen molar-refractivity contribution in [2.45, 2.75) is 0 Å². The largest absolute Gasteiger partial charge is 0.375 e. The van der Waals surface area contributed by atoms with Crippen LogP contribution in [0.1, 0.15) is 0 Å². The number of nitrogen functional groups attached to an aromatic ring is 1. The number of nitrogens with two attached hydrogens (primary N) is 1. The van der Waals surface area contributed by atoms with Crippen LogP contribution in [0.4, 0.5) is 9.52 Å². The van der Waals surface area contributed by atoms with Crippen LogP contribution in [0.2, 0.25) is 0 Å². The highest BCUT2D eigenvalue weighted by Crippen LogP contribution is 2.22. The first kappa shape index (κ1) is 7.55. The Hall–Kier alpha value is -1.10. The zero-order chi connectivity index (χ0) is 8.72. The van der Waals surface area contributed by atoms with Crippen molar-refractivity contribution < 1.29 is 4.39 Å². The fraction of sp³-hybridized carbons (Fsp3) is 0. The van der Waals surface area contributed by atoms with Crippen molar-refractivity contribution in [3.63, 3.8) is 0 Å². The summed E-state index contributed by atoms with van der Waals surface area (Å²) in [5, 5.41) is 0.481. The molecule has 0 saturated heterocycles. The van der Waals surface area contributed by atoms with E-state index < -0.39 is 0 Å². The van der Waals surface area contributed by atoms with E-state index >= 15 is 0 Å². The topological polar surface area (TPSA) is 38.9 Å². The van der Waals surface area contributed by atoms with Gasteiger partial charge < -0.3 is 5.73 Å². The van der Waals surface area contributed by atoms with Crippen molar-refractivity contribution in [1.82, 2.24) is 4.98 Å². The van der Waals surface area contributed by atoms with Crippen molar-refractivity contribution in [3.8, 4) is 0 Å². The Labute approximate surface area is 73.6 Å². The predicted molar refractivity (Wildman–Crippen MR) is 52.2 cm³/mol. The van der Waals surface area contributed by atoms with E-state index in [1.54, 1.807) is 13.9 Å². The molecule has 0 radical (unpaired) electrons. The fourth-order valence-electron chi connectivity index (χ4n) is 1.07. The summed E-state index contributed by atoms with van der Waals surface area (Å²) >= 11 is 1.30. The minimum atomic E-state index is -0.203. The third-order valence-electron chi connectivity index (χ3n) is 1.69. The SMILES string of the molecule is Bc1cc2nc(N)sc2cc1F. The summed E-state index contributed by atoms with van der Waals surface area (Å²) in [5.74, 6) is -0.203. The number of hydrogen-bond donors (Lipinski definition) is 1. The van der Waals surface area contributed by atoms with Gasteiger partial charge in [-0.15, -0.1) is 0 Å². The summed E-state index contributed by atoms with van der Waals surface area (Å²) < 4.78 is 13.8. The Kier molecular flexibility index (Phi) is 1.54. The number of nitrogens with zero attached hydrogens (tertiary/aromatic N) is 1. The highest BCUT2D eigenvalue weighted by molar-refractivity contribution is 7.22. The number of thiazole rings is 1. The average Bonchev–Trinajstić information content (AvgIpc) is 2.30. The average molecular weight is 180 g/mol. The smallest absolute Gasteiger partial charge is 0.181 e. The maximum absolute atomic E-state index is 13.0. The summed E-state index contributed by atoms with van der Waals surface area (Å²) in [6.45, 7) is 0. The van der Waals surface area contributed by atoms with E-state index in [4.69, 9.17) is 5.73 Å². The first-order valence-electron chi connectivity index (χ1n) is 3.49. The molecule has 2 N–H and O–H groups in total. The van der Waals surface area contributed by atoms with Crippen molar-refractivity contribution >= 4 is 40.0 Å². The predicted octanol–water partition coefficient (Wildman–Crippen LogP) is 0.276. The van der Waals surface area contributed by atoms with E-state index in [1.165, 1.54) is 17.4 Å². The fourth-order valence-corrected chi connectivity index (χ4v) is 1.81. The van der Waals surface area contributed by atoms with Crippen LogP contribution in [-0.2, 0) is 0 Å². The van der Waals surface area contributed by atoms with Gasteiger partial charge in [-0.05, 0) is 12.1 Å². The van der Waals surface area contributed by atoms with Crippen LogP contribution in [0.3, 0.4) is 0 Å². The number of rotatable bonds is 0. The van der Waals surface area contributed by atoms with E-state index in [9.17, 15) is 4.39 Å². The zero-order valence-electron chi connectivity index (χ0n) is 6.47. The standard InChI is InChI=1S/C7H6BFN2S/c8-3-1-5-6(2-4(3)9)12-7(10)11-5/h1-2H,8H2,(H2,10,11). The second kappa shape index (κ2) is 2.45. The summed E-state index contributed by atoms with van der Waals surface area (Å²) in [6.07, 6.45) is 0. The van der Waals surface area contributed by atoms with Crippen LogP contribution in [0, 0.1) is 5.82 Å². The van der Waals surface area contributed by atoms with Gasteiger partial charge in [-0.1, -0.05) is 16.8 Å². The van der Waals surface area contributed by atoms with Gasteiger partial charge in [0, 0.05) is 0 Å². The highest BCUT2D eigenvalue weighted by atomic mass is 32.1. The van der Waals surface area contributed by atoms with Crippen LogP contribution in [-0.4, -0.2) is 12.8 Å². The van der Waals surface area contributed by atoms with Crippen LogP contribution in [0.15, 0.2) is 12.1 Å². The molecule has 0 aliphatic heterocycles. The van der Waals surface area contributed by atoms with Gasteiger partial charge >= 0.3 is 0 Å². The van der Waals surface area contributed by atoms with Crippen LogP contribution in [0.25, 0.3) is 10.2 Å². The first-order chi connectivity index (χ1) is 5.66. The first-order valence-corrected chi connectivity index (χ1v) is 4.30. The summed E-state index contributed by atoms with van der Waals surface area (Å²) in [6, 6.07) is 3.18. The van der Waals surface area contributed by atoms with E-state index in [1.807, 2.05) is 0 Å². The molecule has 0 aliphatic carbocycles. The van der Waals surface area contributed by atoms with Gasteiger partial charge in [-0.3, -0.25) is 0 Å². The number of halogens is 1. The molecule has 0 unspecified atom stereocenters. The minimum absolute atomic E-state index is 0.203. The van der Waals surface area contributed by atoms with E-state index in [0.29, 0.717) is 10.6 Å². The van der Waals surface area contributed by atoms with Crippen LogP contribution in [0.5, 0.6) is 0 Å². The van der Waals surface area contributed by atoms with Gasteiger partial charge in [0.2, 0.25) is 0 Å². The minimum Gasteiger partial charge on any atom is -0.375 e. The molecule has 2 nitrogen and oxygen atoms in total. The lowest BCUT2D eigenvalue weighted by Gasteiger charge is -1.93. The molecule has 0 spiro atoms. The molecule has 1 aromatic carbocycles. The lowest BCUT2D eigenvalue weighted by atomic mass is 9.95. The van der Waals surface area contributed by atoms with E-state index in [0.717, 1.165) is 10.2 Å². The molecular formula is C7H6BFN2S. The quantitative estimate of drug-likeness (QED) is 0.591. The molecule has 0 aliphatic rings. The maximum Gasteiger partial charge on any atom is 0.181 e. The second-order valence-corrected chi connectivity index (χ2v) is 3.68. The van der Waals surface area contributed by atoms with Gasteiger partial charge in [0.05, 0.1) is 10.2 Å². The lowest BCUT2D eigenvalue weighted by molar-refractivity contribution is 0.638. The molecule has 5 heteroatoms. The monoisotopic (exact) mass is 180 g/mol.